The van der Waals surface area contributed by atoms with Gasteiger partial charge in [0.2, 0.25) is 6.29 Å². The molecule has 31 heavy (non-hydrogen) atoms. The highest BCUT2D eigenvalue weighted by Crippen LogP contribution is 2.62. The molecule has 0 spiro atoms. The van der Waals surface area contributed by atoms with Crippen LogP contribution in [0.2, 0.25) is 0 Å². The number of hydrogen-bond donors (Lipinski definition) is 0. The number of benzene rings is 1. The van der Waals surface area contributed by atoms with Crippen LogP contribution >= 0.6 is 0 Å². The molecular formula is C29H40O2. The molecule has 2 nitrogen and oxygen atoms in total. The summed E-state index contributed by atoms with van der Waals surface area (Å²) in [7, 11) is 0. The van der Waals surface area contributed by atoms with Gasteiger partial charge in [-0.3, -0.25) is 0 Å². The van der Waals surface area contributed by atoms with E-state index in [1.807, 2.05) is 18.2 Å². The molecule has 1 aromatic carbocycles. The van der Waals surface area contributed by atoms with Gasteiger partial charge >= 0.3 is 0 Å². The fourth-order valence-electron chi connectivity index (χ4n) is 7.54. The normalized spacial score (nSPS) is 36.7. The van der Waals surface area contributed by atoms with Crippen LogP contribution in [-0.2, 0) is 9.47 Å². The summed E-state index contributed by atoms with van der Waals surface area (Å²) in [6.45, 7) is 11.4. The molecule has 7 rings (SSSR count). The smallest absolute Gasteiger partial charge is 0.222 e. The van der Waals surface area contributed by atoms with Crippen LogP contribution in [0.5, 0.6) is 0 Å². The topological polar surface area (TPSA) is 18.5 Å². The number of ether oxygens (including phenoxy) is 2. The van der Waals surface area contributed by atoms with Crippen molar-refractivity contribution in [2.24, 2.45) is 46.3 Å². The van der Waals surface area contributed by atoms with E-state index in [1.54, 1.807) is 0 Å². The van der Waals surface area contributed by atoms with Crippen LogP contribution < -0.4 is 0 Å². The van der Waals surface area contributed by atoms with Crippen LogP contribution in [0.3, 0.4) is 0 Å². The Labute approximate surface area is 189 Å². The van der Waals surface area contributed by atoms with Crippen molar-refractivity contribution in [2.75, 3.05) is 13.2 Å². The second kappa shape index (κ2) is 8.24. The Bertz CT molecular complexity index is 783. The van der Waals surface area contributed by atoms with E-state index in [2.05, 4.69) is 51.7 Å². The average molecular weight is 421 g/mol. The Morgan fingerprint density at radius 2 is 1.32 bits per heavy atom. The molecule has 0 heterocycles. The molecule has 6 aliphatic rings. The lowest BCUT2D eigenvalue weighted by Crippen LogP contribution is -2.54. The van der Waals surface area contributed by atoms with Gasteiger partial charge in [-0.1, -0.05) is 51.8 Å². The van der Waals surface area contributed by atoms with Gasteiger partial charge < -0.3 is 9.47 Å². The third-order valence-electron chi connectivity index (χ3n) is 10.0. The zero-order valence-electron chi connectivity index (χ0n) is 19.9. The monoisotopic (exact) mass is 420 g/mol. The first-order chi connectivity index (χ1) is 14.9. The maximum atomic E-state index is 6.39. The summed E-state index contributed by atoms with van der Waals surface area (Å²) in [5.74, 6) is 11.4. The lowest BCUT2D eigenvalue weighted by atomic mass is 9.46. The molecule has 0 saturated heterocycles. The molecule has 6 fully saturated rings. The Hall–Kier alpha value is -1.30. The molecule has 4 bridgehead atoms. The van der Waals surface area contributed by atoms with Crippen LogP contribution in [0.25, 0.3) is 0 Å². The van der Waals surface area contributed by atoms with E-state index in [0.29, 0.717) is 22.7 Å². The average Bonchev–Trinajstić information content (AvgIpc) is 2.79. The van der Waals surface area contributed by atoms with Crippen LogP contribution in [0.1, 0.15) is 71.8 Å². The molecule has 0 aromatic heterocycles. The predicted molar refractivity (Wildman–Crippen MR) is 125 cm³/mol. The third kappa shape index (κ3) is 3.98. The van der Waals surface area contributed by atoms with Gasteiger partial charge in [-0.15, -0.1) is 0 Å². The largest absolute Gasteiger partial charge is 0.342 e. The lowest BCUT2D eigenvalue weighted by molar-refractivity contribution is -0.182. The van der Waals surface area contributed by atoms with Gasteiger partial charge in [0.15, 0.2) is 0 Å². The van der Waals surface area contributed by atoms with E-state index >= 15 is 0 Å². The maximum Gasteiger partial charge on any atom is 0.222 e. The molecule has 2 heteroatoms. The minimum absolute atomic E-state index is 0.415. The fourth-order valence-corrected chi connectivity index (χ4v) is 7.54. The second-order valence-electron chi connectivity index (χ2n) is 12.0. The molecule has 6 saturated carbocycles. The van der Waals surface area contributed by atoms with Crippen molar-refractivity contribution in [3.8, 4) is 11.8 Å². The van der Waals surface area contributed by atoms with Crippen LogP contribution in [0.15, 0.2) is 30.3 Å². The van der Waals surface area contributed by atoms with Gasteiger partial charge in [-0.2, -0.15) is 0 Å². The Balaban J connectivity index is 1.22. The van der Waals surface area contributed by atoms with Crippen molar-refractivity contribution in [1.82, 2.24) is 0 Å². The molecule has 0 amide bonds. The van der Waals surface area contributed by atoms with Crippen molar-refractivity contribution in [3.63, 3.8) is 0 Å². The maximum absolute atomic E-state index is 6.39. The minimum atomic E-state index is -0.415. The molecule has 168 valence electrons. The number of fused-ring (bicyclic) bond motifs is 4. The molecule has 0 radical (unpaired) electrons. The Kier molecular flexibility index (Phi) is 5.72. The van der Waals surface area contributed by atoms with Crippen molar-refractivity contribution in [1.29, 1.82) is 0 Å². The van der Waals surface area contributed by atoms with Gasteiger partial charge in [-0.25, -0.2) is 0 Å². The second-order valence-corrected chi connectivity index (χ2v) is 12.0. The van der Waals surface area contributed by atoms with Crippen LogP contribution in [0.4, 0.5) is 0 Å². The van der Waals surface area contributed by atoms with Crippen molar-refractivity contribution >= 4 is 0 Å². The van der Waals surface area contributed by atoms with Crippen molar-refractivity contribution in [3.05, 3.63) is 35.9 Å². The van der Waals surface area contributed by atoms with E-state index in [9.17, 15) is 0 Å². The summed E-state index contributed by atoms with van der Waals surface area (Å²) in [6, 6.07) is 10.2. The van der Waals surface area contributed by atoms with E-state index in [-0.39, 0.29) is 0 Å². The van der Waals surface area contributed by atoms with Crippen LogP contribution in [0, 0.1) is 58.2 Å². The molecule has 1 aromatic rings. The van der Waals surface area contributed by atoms with Gasteiger partial charge in [0, 0.05) is 5.56 Å². The summed E-state index contributed by atoms with van der Waals surface area (Å²) in [6.07, 6.45) is 7.69. The lowest BCUT2D eigenvalue weighted by Gasteiger charge is -2.60. The highest BCUT2D eigenvalue weighted by Gasteiger charge is 2.55. The van der Waals surface area contributed by atoms with Gasteiger partial charge in [0.25, 0.3) is 0 Å². The third-order valence-corrected chi connectivity index (χ3v) is 10.0. The highest BCUT2D eigenvalue weighted by molar-refractivity contribution is 5.34. The van der Waals surface area contributed by atoms with E-state index in [0.717, 1.165) is 42.4 Å². The molecular weight excluding hydrogens is 380 g/mol. The van der Waals surface area contributed by atoms with Crippen LogP contribution in [-0.4, -0.2) is 19.5 Å². The molecule has 0 unspecified atom stereocenters. The van der Waals surface area contributed by atoms with Crippen molar-refractivity contribution < 1.29 is 9.47 Å². The first-order valence-corrected chi connectivity index (χ1v) is 12.7. The van der Waals surface area contributed by atoms with Gasteiger partial charge in [0.05, 0.1) is 13.2 Å². The molecule has 6 atom stereocenters. The minimum Gasteiger partial charge on any atom is -0.342 e. The Morgan fingerprint density at radius 3 is 1.77 bits per heavy atom. The Morgan fingerprint density at radius 1 is 0.806 bits per heavy atom. The summed E-state index contributed by atoms with van der Waals surface area (Å²) in [5, 5.41) is 0. The first-order valence-electron chi connectivity index (χ1n) is 12.7. The van der Waals surface area contributed by atoms with E-state index in [4.69, 9.17) is 9.47 Å². The van der Waals surface area contributed by atoms with E-state index in [1.165, 1.54) is 38.5 Å². The van der Waals surface area contributed by atoms with Crippen molar-refractivity contribution in [2.45, 2.75) is 72.5 Å². The summed E-state index contributed by atoms with van der Waals surface area (Å²) in [5.41, 5.74) is 2.01. The molecule has 0 N–H and O–H groups in total. The summed E-state index contributed by atoms with van der Waals surface area (Å²) < 4.78 is 12.8. The fraction of sp³-hybridized carbons (Fsp3) is 0.724. The quantitative estimate of drug-likeness (QED) is 0.384. The SMILES string of the molecule is CC1(C)[C@@H]2CC[C@@H](COC(C#Cc3ccccc3)OC[C@@H]3CC[C@@H]4C[C@H]3C4(C)C)[C@H]1C2. The van der Waals surface area contributed by atoms with Gasteiger partial charge in [0.1, 0.15) is 0 Å². The standard InChI is InChI=1S/C29H40O2/c1-28(2)23-13-11-21(25(28)16-23)18-30-27(15-10-20-8-6-5-7-9-20)31-19-22-12-14-24-17-26(22)29(24,3)4/h5-9,21-27H,11-14,16-19H2,1-4H3/t21-,22-,23+,24+,25+,26+/m0/s1. The first kappa shape index (κ1) is 21.5. The molecule has 0 aliphatic heterocycles. The van der Waals surface area contributed by atoms with E-state index < -0.39 is 6.29 Å². The highest BCUT2D eigenvalue weighted by atomic mass is 16.7. The zero-order chi connectivity index (χ0) is 21.6. The number of rotatable bonds is 6. The summed E-state index contributed by atoms with van der Waals surface area (Å²) in [4.78, 5) is 0. The summed E-state index contributed by atoms with van der Waals surface area (Å²) >= 11 is 0. The van der Waals surface area contributed by atoms with Gasteiger partial charge in [-0.05, 0) is 103 Å². The zero-order valence-corrected chi connectivity index (χ0v) is 19.9. The predicted octanol–water partition coefficient (Wildman–Crippen LogP) is 6.54. The molecule has 6 aliphatic carbocycles. The number of hydrogen-bond acceptors (Lipinski definition) is 2.